The maximum Gasteiger partial charge on any atom is 0.0749 e. The van der Waals surface area contributed by atoms with E-state index in [1.165, 1.54) is 0 Å². The quantitative estimate of drug-likeness (QED) is 0.489. The van der Waals surface area contributed by atoms with Crippen molar-refractivity contribution in [3.8, 4) is 0 Å². The highest BCUT2D eigenvalue weighted by Crippen LogP contribution is 2.25. The summed E-state index contributed by atoms with van der Waals surface area (Å²) in [4.78, 5) is 0. The summed E-state index contributed by atoms with van der Waals surface area (Å²) in [6, 6.07) is 11.0. The fraction of sp³-hybridized carbons (Fsp3) is 0.133. The van der Waals surface area contributed by atoms with Crippen molar-refractivity contribution in [2.24, 2.45) is 5.10 Å². The van der Waals surface area contributed by atoms with E-state index < -0.39 is 0 Å². The molecule has 0 atom stereocenters. The number of hydrogen-bond donors (Lipinski definition) is 2. The van der Waals surface area contributed by atoms with Crippen LogP contribution in [0.1, 0.15) is 18.1 Å². The van der Waals surface area contributed by atoms with Gasteiger partial charge in [0.05, 0.1) is 16.4 Å². The first-order chi connectivity index (χ1) is 9.47. The van der Waals surface area contributed by atoms with E-state index in [4.69, 9.17) is 28.9 Å². The molecule has 0 spiro atoms. The molecule has 0 fully saturated rings. The molecule has 5 heteroatoms. The molecule has 0 heterocycles. The zero-order chi connectivity index (χ0) is 14.7. The van der Waals surface area contributed by atoms with Crippen LogP contribution in [0.4, 0.5) is 11.4 Å². The minimum atomic E-state index is 0.520. The normalized spacial score (nSPS) is 11.5. The van der Waals surface area contributed by atoms with Crippen LogP contribution in [0.15, 0.2) is 41.5 Å². The number of halogens is 2. The standard InChI is InChI=1S/C15H15Cl2N3/c1-9-3-5-14(18)12(7-9)10(2)19-20-15-6-4-11(16)8-13(15)17/h3-8,20H,18H2,1-2H3/b19-10+. The van der Waals surface area contributed by atoms with Crippen LogP contribution in [0.2, 0.25) is 10.0 Å². The van der Waals surface area contributed by atoms with Gasteiger partial charge >= 0.3 is 0 Å². The summed E-state index contributed by atoms with van der Waals surface area (Å²) in [6.07, 6.45) is 0. The SMILES string of the molecule is C/C(=N\Nc1ccc(Cl)cc1Cl)c1cc(C)ccc1N. The monoisotopic (exact) mass is 307 g/mol. The van der Waals surface area contributed by atoms with Crippen molar-refractivity contribution in [3.05, 3.63) is 57.6 Å². The third-order valence-electron chi connectivity index (χ3n) is 2.87. The molecule has 0 aliphatic carbocycles. The van der Waals surface area contributed by atoms with Crippen molar-refractivity contribution >= 4 is 40.3 Å². The molecule has 0 radical (unpaired) electrons. The molecule has 0 aliphatic rings. The number of hydrazone groups is 1. The number of aryl methyl sites for hydroxylation is 1. The number of anilines is 2. The van der Waals surface area contributed by atoms with Gasteiger partial charge in [-0.15, -0.1) is 0 Å². The molecular formula is C15H15Cl2N3. The largest absolute Gasteiger partial charge is 0.398 e. The Morgan fingerprint density at radius 2 is 1.90 bits per heavy atom. The molecule has 0 aliphatic heterocycles. The number of nitrogens with zero attached hydrogens (tertiary/aromatic N) is 1. The van der Waals surface area contributed by atoms with Gasteiger partial charge in [0.1, 0.15) is 0 Å². The maximum absolute atomic E-state index is 6.07. The Bertz CT molecular complexity index is 666. The molecule has 104 valence electrons. The van der Waals surface area contributed by atoms with Crippen LogP contribution in [0, 0.1) is 6.92 Å². The fourth-order valence-corrected chi connectivity index (χ4v) is 2.22. The number of nitrogens with two attached hydrogens (primary N) is 1. The number of benzene rings is 2. The zero-order valence-electron chi connectivity index (χ0n) is 11.2. The minimum Gasteiger partial charge on any atom is -0.398 e. The van der Waals surface area contributed by atoms with E-state index in [2.05, 4.69) is 10.5 Å². The highest BCUT2D eigenvalue weighted by molar-refractivity contribution is 6.36. The molecule has 3 nitrogen and oxygen atoms in total. The van der Waals surface area contributed by atoms with Crippen molar-refractivity contribution < 1.29 is 0 Å². The van der Waals surface area contributed by atoms with Gasteiger partial charge in [0.2, 0.25) is 0 Å². The van der Waals surface area contributed by atoms with Gasteiger partial charge in [0.25, 0.3) is 0 Å². The van der Waals surface area contributed by atoms with Crippen LogP contribution >= 0.6 is 23.2 Å². The maximum atomic E-state index is 6.07. The second kappa shape index (κ2) is 6.16. The predicted octanol–water partition coefficient (Wildman–Crippen LogP) is 4.72. The van der Waals surface area contributed by atoms with E-state index in [0.717, 1.165) is 16.8 Å². The average molecular weight is 308 g/mol. The first-order valence-electron chi connectivity index (χ1n) is 6.09. The Balaban J connectivity index is 2.24. The summed E-state index contributed by atoms with van der Waals surface area (Å²) in [7, 11) is 0. The van der Waals surface area contributed by atoms with Gasteiger partial charge in [-0.2, -0.15) is 5.10 Å². The average Bonchev–Trinajstić information content (AvgIpc) is 2.40. The van der Waals surface area contributed by atoms with Crippen LogP contribution < -0.4 is 11.2 Å². The van der Waals surface area contributed by atoms with Crippen molar-refractivity contribution in [1.82, 2.24) is 0 Å². The van der Waals surface area contributed by atoms with E-state index in [1.54, 1.807) is 18.2 Å². The Labute approximate surface area is 128 Å². The number of nitrogens with one attached hydrogen (secondary N) is 1. The van der Waals surface area contributed by atoms with Crippen LogP contribution in [0.25, 0.3) is 0 Å². The number of rotatable bonds is 3. The third-order valence-corrected chi connectivity index (χ3v) is 3.42. The van der Waals surface area contributed by atoms with E-state index >= 15 is 0 Å². The van der Waals surface area contributed by atoms with E-state index in [1.807, 2.05) is 32.0 Å². The van der Waals surface area contributed by atoms with Gasteiger partial charge < -0.3 is 5.73 Å². The zero-order valence-corrected chi connectivity index (χ0v) is 12.8. The van der Waals surface area contributed by atoms with Gasteiger partial charge in [-0.05, 0) is 44.2 Å². The van der Waals surface area contributed by atoms with Crippen LogP contribution in [0.5, 0.6) is 0 Å². The molecule has 0 bridgehead atoms. The lowest BCUT2D eigenvalue weighted by Gasteiger charge is -2.08. The second-order valence-corrected chi connectivity index (χ2v) is 5.37. The molecule has 0 saturated heterocycles. The van der Waals surface area contributed by atoms with Crippen molar-refractivity contribution in [1.29, 1.82) is 0 Å². The first-order valence-corrected chi connectivity index (χ1v) is 6.85. The van der Waals surface area contributed by atoms with Crippen LogP contribution in [-0.2, 0) is 0 Å². The summed E-state index contributed by atoms with van der Waals surface area (Å²) in [5.41, 5.74) is 13.1. The van der Waals surface area contributed by atoms with Crippen LogP contribution in [-0.4, -0.2) is 5.71 Å². The Kier molecular flexibility index (Phi) is 4.53. The fourth-order valence-electron chi connectivity index (χ4n) is 1.77. The molecular weight excluding hydrogens is 293 g/mol. The highest BCUT2D eigenvalue weighted by Gasteiger charge is 2.04. The lowest BCUT2D eigenvalue weighted by Crippen LogP contribution is -2.04. The summed E-state index contributed by atoms with van der Waals surface area (Å²) in [5.74, 6) is 0. The highest BCUT2D eigenvalue weighted by atomic mass is 35.5. The molecule has 2 aromatic rings. The molecule has 20 heavy (non-hydrogen) atoms. The molecule has 3 N–H and O–H groups in total. The lowest BCUT2D eigenvalue weighted by atomic mass is 10.1. The van der Waals surface area contributed by atoms with Crippen molar-refractivity contribution in [3.63, 3.8) is 0 Å². The van der Waals surface area contributed by atoms with E-state index in [0.29, 0.717) is 21.4 Å². The van der Waals surface area contributed by atoms with Gasteiger partial charge in [-0.1, -0.05) is 34.8 Å². The summed E-state index contributed by atoms with van der Waals surface area (Å²) in [6.45, 7) is 3.90. The van der Waals surface area contributed by atoms with Gasteiger partial charge in [0, 0.05) is 16.3 Å². The smallest absolute Gasteiger partial charge is 0.0749 e. The predicted molar refractivity (Wildman–Crippen MR) is 87.9 cm³/mol. The number of nitrogen functional groups attached to an aromatic ring is 1. The molecule has 2 rings (SSSR count). The third kappa shape index (κ3) is 3.44. The lowest BCUT2D eigenvalue weighted by molar-refractivity contribution is 1.32. The molecule has 2 aromatic carbocycles. The summed E-state index contributed by atoms with van der Waals surface area (Å²) < 4.78 is 0. The van der Waals surface area contributed by atoms with Gasteiger partial charge in [0.15, 0.2) is 0 Å². The second-order valence-electron chi connectivity index (χ2n) is 4.52. The Morgan fingerprint density at radius 1 is 1.15 bits per heavy atom. The van der Waals surface area contributed by atoms with Crippen LogP contribution in [0.3, 0.4) is 0 Å². The summed E-state index contributed by atoms with van der Waals surface area (Å²) in [5, 5.41) is 5.42. The topological polar surface area (TPSA) is 50.4 Å². The first kappa shape index (κ1) is 14.7. The van der Waals surface area contributed by atoms with E-state index in [-0.39, 0.29) is 0 Å². The van der Waals surface area contributed by atoms with Crippen molar-refractivity contribution in [2.75, 3.05) is 11.2 Å². The minimum absolute atomic E-state index is 0.520. The number of hydrogen-bond acceptors (Lipinski definition) is 3. The van der Waals surface area contributed by atoms with Gasteiger partial charge in [-0.25, -0.2) is 0 Å². The van der Waals surface area contributed by atoms with Gasteiger partial charge in [-0.3, -0.25) is 5.43 Å². The van der Waals surface area contributed by atoms with Crippen molar-refractivity contribution in [2.45, 2.75) is 13.8 Å². The molecule has 0 amide bonds. The Morgan fingerprint density at radius 3 is 2.60 bits per heavy atom. The molecule has 0 aromatic heterocycles. The molecule has 0 saturated carbocycles. The Hall–Kier alpha value is -1.71. The summed E-state index contributed by atoms with van der Waals surface area (Å²) >= 11 is 11.9. The van der Waals surface area contributed by atoms with E-state index in [9.17, 15) is 0 Å². The molecule has 0 unspecified atom stereocenters.